The van der Waals surface area contributed by atoms with Gasteiger partial charge in [0.2, 0.25) is 17.7 Å². The first kappa shape index (κ1) is 31.3. The van der Waals surface area contributed by atoms with Crippen LogP contribution in [0.1, 0.15) is 52.5 Å². The van der Waals surface area contributed by atoms with Gasteiger partial charge < -0.3 is 30.3 Å². The van der Waals surface area contributed by atoms with E-state index in [0.29, 0.717) is 44.6 Å². The standard InChI is InChI=1S/C27H42N4O6S/c1-18(23(32)28-17-19-7-9-21(36-5)10-8-19)29-24(33)20-11-14-31(15-12-20)25(34)22(13-16-38-6)30-26(35)37-27(2,3)4/h7-10,18,20,22H,11-17H2,1-6H3,(H,28,32)(H,29,33)(H,30,35)/t18-,22-/m0/s1. The van der Waals surface area contributed by atoms with E-state index >= 15 is 0 Å². The van der Waals surface area contributed by atoms with Gasteiger partial charge in [0.15, 0.2) is 0 Å². The zero-order chi connectivity index (χ0) is 28.3. The molecule has 0 spiro atoms. The van der Waals surface area contributed by atoms with Gasteiger partial charge in [-0.3, -0.25) is 14.4 Å². The van der Waals surface area contributed by atoms with Gasteiger partial charge in [-0.1, -0.05) is 12.1 Å². The fraction of sp³-hybridized carbons (Fsp3) is 0.630. The van der Waals surface area contributed by atoms with Gasteiger partial charge in [0.25, 0.3) is 0 Å². The molecule has 11 heteroatoms. The number of nitrogens with one attached hydrogen (secondary N) is 3. The fourth-order valence-electron chi connectivity index (χ4n) is 4.01. The van der Waals surface area contributed by atoms with E-state index in [1.54, 1.807) is 51.5 Å². The summed E-state index contributed by atoms with van der Waals surface area (Å²) in [7, 11) is 1.59. The molecule has 0 bridgehead atoms. The Labute approximate surface area is 229 Å². The predicted molar refractivity (Wildman–Crippen MR) is 148 cm³/mol. The van der Waals surface area contributed by atoms with Crippen LogP contribution >= 0.6 is 11.8 Å². The van der Waals surface area contributed by atoms with Crippen molar-refractivity contribution in [1.29, 1.82) is 0 Å². The number of ether oxygens (including phenoxy) is 2. The molecule has 1 aliphatic heterocycles. The number of methoxy groups -OCH3 is 1. The molecule has 1 heterocycles. The highest BCUT2D eigenvalue weighted by molar-refractivity contribution is 7.98. The Morgan fingerprint density at radius 1 is 1.08 bits per heavy atom. The highest BCUT2D eigenvalue weighted by Gasteiger charge is 2.33. The van der Waals surface area contributed by atoms with E-state index in [2.05, 4.69) is 16.0 Å². The number of likely N-dealkylation sites (tertiary alicyclic amines) is 1. The van der Waals surface area contributed by atoms with Crippen molar-refractivity contribution in [3.05, 3.63) is 29.8 Å². The molecular weight excluding hydrogens is 508 g/mol. The molecule has 0 aliphatic carbocycles. The van der Waals surface area contributed by atoms with E-state index in [9.17, 15) is 19.2 Å². The van der Waals surface area contributed by atoms with Crippen molar-refractivity contribution in [2.45, 2.75) is 71.2 Å². The third-order valence-electron chi connectivity index (χ3n) is 6.15. The molecule has 4 amide bonds. The van der Waals surface area contributed by atoms with Gasteiger partial charge in [0, 0.05) is 25.6 Å². The largest absolute Gasteiger partial charge is 0.497 e. The molecule has 212 valence electrons. The van der Waals surface area contributed by atoms with Crippen LogP contribution < -0.4 is 20.7 Å². The molecule has 10 nitrogen and oxygen atoms in total. The molecular formula is C27H42N4O6S. The molecule has 2 rings (SSSR count). The minimum atomic E-state index is -0.686. The molecule has 0 unspecified atom stereocenters. The molecule has 0 aromatic heterocycles. The number of nitrogens with zero attached hydrogens (tertiary/aromatic N) is 1. The molecule has 1 fully saturated rings. The van der Waals surface area contributed by atoms with Crippen molar-refractivity contribution < 1.29 is 28.7 Å². The number of carbonyl (C=O) groups excluding carboxylic acids is 4. The maximum Gasteiger partial charge on any atom is 0.408 e. The van der Waals surface area contributed by atoms with Gasteiger partial charge in [-0.05, 0) is 76.7 Å². The highest BCUT2D eigenvalue weighted by atomic mass is 32.2. The molecule has 1 aromatic rings. The molecule has 0 saturated carbocycles. The molecule has 1 aromatic carbocycles. The van der Waals surface area contributed by atoms with Gasteiger partial charge in [-0.25, -0.2) is 4.79 Å². The highest BCUT2D eigenvalue weighted by Crippen LogP contribution is 2.20. The number of benzene rings is 1. The number of alkyl carbamates (subject to hydrolysis) is 1. The topological polar surface area (TPSA) is 126 Å². The Morgan fingerprint density at radius 3 is 2.26 bits per heavy atom. The van der Waals surface area contributed by atoms with Crippen LogP contribution in [-0.4, -0.2) is 78.6 Å². The summed E-state index contributed by atoms with van der Waals surface area (Å²) >= 11 is 1.60. The number of rotatable bonds is 11. The van der Waals surface area contributed by atoms with E-state index in [4.69, 9.17) is 9.47 Å². The van der Waals surface area contributed by atoms with Crippen LogP contribution in [0.4, 0.5) is 4.79 Å². The van der Waals surface area contributed by atoms with E-state index in [1.165, 1.54) is 0 Å². The van der Waals surface area contributed by atoms with Gasteiger partial charge in [-0.2, -0.15) is 11.8 Å². The summed E-state index contributed by atoms with van der Waals surface area (Å²) in [4.78, 5) is 52.4. The monoisotopic (exact) mass is 550 g/mol. The van der Waals surface area contributed by atoms with Crippen molar-refractivity contribution >= 4 is 35.6 Å². The zero-order valence-corrected chi connectivity index (χ0v) is 24.1. The first-order valence-electron chi connectivity index (χ1n) is 12.9. The first-order chi connectivity index (χ1) is 17.9. The fourth-order valence-corrected chi connectivity index (χ4v) is 4.48. The lowest BCUT2D eigenvalue weighted by Crippen LogP contribution is -2.53. The quantitative estimate of drug-likeness (QED) is 0.387. The molecule has 3 N–H and O–H groups in total. The molecule has 1 saturated heterocycles. The van der Waals surface area contributed by atoms with Gasteiger partial charge in [-0.15, -0.1) is 0 Å². The van der Waals surface area contributed by atoms with Gasteiger partial charge in [0.1, 0.15) is 23.4 Å². The third kappa shape index (κ3) is 10.4. The normalized spacial score (nSPS) is 15.7. The van der Waals surface area contributed by atoms with E-state index in [1.807, 2.05) is 30.5 Å². The Kier molecular flexibility index (Phi) is 12.2. The third-order valence-corrected chi connectivity index (χ3v) is 6.80. The van der Waals surface area contributed by atoms with Crippen LogP contribution in [0.25, 0.3) is 0 Å². The second kappa shape index (κ2) is 14.8. The van der Waals surface area contributed by atoms with Crippen molar-refractivity contribution in [3.63, 3.8) is 0 Å². The summed E-state index contributed by atoms with van der Waals surface area (Å²) in [5.74, 6) is 0.517. The average molecular weight is 551 g/mol. The van der Waals surface area contributed by atoms with Crippen molar-refractivity contribution in [3.8, 4) is 5.75 Å². The lowest BCUT2D eigenvalue weighted by atomic mass is 9.95. The number of piperidine rings is 1. The van der Waals surface area contributed by atoms with Crippen LogP contribution in [0.2, 0.25) is 0 Å². The Hall–Kier alpha value is -2.95. The lowest BCUT2D eigenvalue weighted by molar-refractivity contribution is -0.138. The second-order valence-corrected chi connectivity index (χ2v) is 11.4. The van der Waals surface area contributed by atoms with Crippen LogP contribution in [0.15, 0.2) is 24.3 Å². The summed E-state index contributed by atoms with van der Waals surface area (Å²) in [5.41, 5.74) is 0.263. The summed E-state index contributed by atoms with van der Waals surface area (Å²) in [6.07, 6.45) is 2.78. The van der Waals surface area contributed by atoms with Crippen LogP contribution in [0.5, 0.6) is 5.75 Å². The summed E-state index contributed by atoms with van der Waals surface area (Å²) < 4.78 is 10.5. The molecule has 2 atom stereocenters. The van der Waals surface area contributed by atoms with E-state index < -0.39 is 23.8 Å². The van der Waals surface area contributed by atoms with Crippen LogP contribution in [0.3, 0.4) is 0 Å². The Bertz CT molecular complexity index is 942. The maximum atomic E-state index is 13.2. The first-order valence-corrected chi connectivity index (χ1v) is 14.3. The number of amides is 4. The minimum Gasteiger partial charge on any atom is -0.497 e. The minimum absolute atomic E-state index is 0.171. The van der Waals surface area contributed by atoms with Crippen LogP contribution in [0, 0.1) is 5.92 Å². The number of carbonyl (C=O) groups is 4. The number of hydrogen-bond donors (Lipinski definition) is 3. The van der Waals surface area contributed by atoms with Crippen molar-refractivity contribution in [2.24, 2.45) is 5.92 Å². The number of thioether (sulfide) groups is 1. The average Bonchev–Trinajstić information content (AvgIpc) is 2.88. The number of hydrogen-bond acceptors (Lipinski definition) is 7. The van der Waals surface area contributed by atoms with Crippen molar-refractivity contribution in [2.75, 3.05) is 32.2 Å². The second-order valence-electron chi connectivity index (χ2n) is 10.4. The lowest BCUT2D eigenvalue weighted by Gasteiger charge is -2.34. The Morgan fingerprint density at radius 2 is 1.71 bits per heavy atom. The summed E-state index contributed by atoms with van der Waals surface area (Å²) in [6, 6.07) is 6.01. The van der Waals surface area contributed by atoms with Gasteiger partial charge in [0.05, 0.1) is 7.11 Å². The van der Waals surface area contributed by atoms with Gasteiger partial charge >= 0.3 is 6.09 Å². The molecule has 0 radical (unpaired) electrons. The maximum absolute atomic E-state index is 13.2. The SMILES string of the molecule is COc1ccc(CNC(=O)[C@H](C)NC(=O)C2CCN(C(=O)[C@H](CCSC)NC(=O)OC(C)(C)C)CC2)cc1. The summed E-state index contributed by atoms with van der Waals surface area (Å²) in [6.45, 7) is 8.12. The Balaban J connectivity index is 1.82. The van der Waals surface area contributed by atoms with E-state index in [0.717, 1.165) is 11.3 Å². The molecule has 1 aliphatic rings. The predicted octanol–water partition coefficient (Wildman–Crippen LogP) is 2.70. The zero-order valence-electron chi connectivity index (χ0n) is 23.3. The smallest absolute Gasteiger partial charge is 0.408 e. The van der Waals surface area contributed by atoms with E-state index in [-0.39, 0.29) is 23.6 Å². The van der Waals surface area contributed by atoms with Crippen LogP contribution in [-0.2, 0) is 25.7 Å². The molecule has 38 heavy (non-hydrogen) atoms. The van der Waals surface area contributed by atoms with Crippen molar-refractivity contribution in [1.82, 2.24) is 20.9 Å². The summed E-state index contributed by atoms with van der Waals surface area (Å²) in [5, 5.41) is 8.34.